The lowest BCUT2D eigenvalue weighted by Gasteiger charge is -2.13. The standard InChI is InChI=1S/C15H15FN2O3/c1-15(2)7-10(15)18-13(20)11(12(19)17-14(18)21)8-5-3-4-6-9(8)16/h3-6,10,20H,7H2,1-2H3,(H,17,19,21). The van der Waals surface area contributed by atoms with E-state index in [1.54, 1.807) is 6.07 Å². The third-order valence-corrected chi connectivity index (χ3v) is 4.03. The lowest BCUT2D eigenvalue weighted by atomic mass is 10.1. The van der Waals surface area contributed by atoms with E-state index in [1.807, 2.05) is 13.8 Å². The second kappa shape index (κ2) is 4.31. The van der Waals surface area contributed by atoms with E-state index in [4.69, 9.17) is 0 Å². The molecule has 6 heteroatoms. The second-order valence-electron chi connectivity index (χ2n) is 6.02. The Hall–Kier alpha value is -2.37. The minimum absolute atomic E-state index is 0.0246. The van der Waals surface area contributed by atoms with Gasteiger partial charge in [-0.1, -0.05) is 32.0 Å². The molecule has 110 valence electrons. The third kappa shape index (κ3) is 2.07. The van der Waals surface area contributed by atoms with E-state index < -0.39 is 22.9 Å². The van der Waals surface area contributed by atoms with Crippen LogP contribution in [0.5, 0.6) is 5.88 Å². The summed E-state index contributed by atoms with van der Waals surface area (Å²) < 4.78 is 15.0. The zero-order valence-electron chi connectivity index (χ0n) is 11.7. The first-order valence-corrected chi connectivity index (χ1v) is 6.65. The van der Waals surface area contributed by atoms with Crippen molar-refractivity contribution in [1.29, 1.82) is 0 Å². The fourth-order valence-corrected chi connectivity index (χ4v) is 2.61. The molecule has 0 aliphatic heterocycles. The third-order valence-electron chi connectivity index (χ3n) is 4.03. The topological polar surface area (TPSA) is 75.1 Å². The quantitative estimate of drug-likeness (QED) is 0.888. The maximum atomic E-state index is 13.9. The van der Waals surface area contributed by atoms with Crippen molar-refractivity contribution in [3.63, 3.8) is 0 Å². The highest BCUT2D eigenvalue weighted by atomic mass is 19.1. The van der Waals surface area contributed by atoms with Crippen LogP contribution in [-0.2, 0) is 0 Å². The monoisotopic (exact) mass is 290 g/mol. The van der Waals surface area contributed by atoms with Gasteiger partial charge in [-0.2, -0.15) is 0 Å². The van der Waals surface area contributed by atoms with Crippen molar-refractivity contribution in [3.8, 4) is 17.0 Å². The Kier molecular flexibility index (Phi) is 2.79. The predicted molar refractivity (Wildman–Crippen MR) is 75.8 cm³/mol. The van der Waals surface area contributed by atoms with Gasteiger partial charge < -0.3 is 5.11 Å². The molecule has 2 N–H and O–H groups in total. The highest BCUT2D eigenvalue weighted by Crippen LogP contribution is 2.56. The van der Waals surface area contributed by atoms with E-state index in [2.05, 4.69) is 4.98 Å². The molecule has 3 rings (SSSR count). The number of aromatic hydroxyl groups is 1. The summed E-state index contributed by atoms with van der Waals surface area (Å²) in [6.07, 6.45) is 0.712. The van der Waals surface area contributed by atoms with Crippen molar-refractivity contribution in [2.24, 2.45) is 5.41 Å². The number of nitrogens with one attached hydrogen (secondary N) is 1. The fourth-order valence-electron chi connectivity index (χ4n) is 2.61. The van der Waals surface area contributed by atoms with Gasteiger partial charge in [0.1, 0.15) is 11.4 Å². The van der Waals surface area contributed by atoms with Crippen LogP contribution in [0.1, 0.15) is 26.3 Å². The highest BCUT2D eigenvalue weighted by Gasteiger charge is 2.49. The van der Waals surface area contributed by atoms with E-state index in [9.17, 15) is 19.1 Å². The highest BCUT2D eigenvalue weighted by molar-refractivity contribution is 5.68. The predicted octanol–water partition coefficient (Wildman–Crippen LogP) is 2.02. The minimum atomic E-state index is -0.794. The smallest absolute Gasteiger partial charge is 0.331 e. The number of hydrogen-bond donors (Lipinski definition) is 2. The Morgan fingerprint density at radius 2 is 1.95 bits per heavy atom. The van der Waals surface area contributed by atoms with E-state index in [1.165, 1.54) is 18.2 Å². The first-order chi connectivity index (χ1) is 9.83. The molecule has 1 aliphatic rings. The number of halogens is 1. The molecule has 0 radical (unpaired) electrons. The van der Waals surface area contributed by atoms with E-state index in [0.717, 1.165) is 4.57 Å². The van der Waals surface area contributed by atoms with Gasteiger partial charge in [0.2, 0.25) is 5.88 Å². The molecule has 5 nitrogen and oxygen atoms in total. The molecule has 0 bridgehead atoms. The molecule has 1 aromatic heterocycles. The second-order valence-corrected chi connectivity index (χ2v) is 6.02. The summed E-state index contributed by atoms with van der Waals surface area (Å²) in [6.45, 7) is 3.91. The van der Waals surface area contributed by atoms with Crippen molar-refractivity contribution in [2.45, 2.75) is 26.3 Å². The Labute approximate surface area is 119 Å². The molecule has 21 heavy (non-hydrogen) atoms. The number of benzene rings is 1. The maximum absolute atomic E-state index is 13.9. The van der Waals surface area contributed by atoms with Crippen LogP contribution in [0.15, 0.2) is 33.9 Å². The van der Waals surface area contributed by atoms with Crippen LogP contribution < -0.4 is 11.2 Å². The molecule has 1 saturated carbocycles. The normalized spacial score (nSPS) is 19.5. The molecule has 1 aliphatic carbocycles. The lowest BCUT2D eigenvalue weighted by molar-refractivity contribution is 0.386. The summed E-state index contributed by atoms with van der Waals surface area (Å²) in [7, 11) is 0. The summed E-state index contributed by atoms with van der Waals surface area (Å²) in [5.41, 5.74) is -1.84. The van der Waals surface area contributed by atoms with Crippen molar-refractivity contribution >= 4 is 0 Å². The molecule has 0 amide bonds. The minimum Gasteiger partial charge on any atom is -0.494 e. The first-order valence-electron chi connectivity index (χ1n) is 6.65. The Bertz CT molecular complexity index is 836. The van der Waals surface area contributed by atoms with Crippen molar-refractivity contribution in [3.05, 3.63) is 50.9 Å². The number of aromatic nitrogens is 2. The van der Waals surface area contributed by atoms with E-state index in [0.29, 0.717) is 6.42 Å². The fraction of sp³-hybridized carbons (Fsp3) is 0.333. The van der Waals surface area contributed by atoms with Crippen LogP contribution in [0.25, 0.3) is 11.1 Å². The van der Waals surface area contributed by atoms with Gasteiger partial charge in [-0.15, -0.1) is 0 Å². The van der Waals surface area contributed by atoms with Gasteiger partial charge in [-0.05, 0) is 17.9 Å². The molecular formula is C15H15FN2O3. The first kappa shape index (κ1) is 13.6. The zero-order chi connectivity index (χ0) is 15.4. The molecule has 0 saturated heterocycles. The molecular weight excluding hydrogens is 275 g/mol. The Morgan fingerprint density at radius 1 is 1.33 bits per heavy atom. The van der Waals surface area contributed by atoms with Gasteiger partial charge in [0.25, 0.3) is 5.56 Å². The molecule has 1 aromatic carbocycles. The van der Waals surface area contributed by atoms with E-state index >= 15 is 0 Å². The van der Waals surface area contributed by atoms with Crippen LogP contribution in [0.3, 0.4) is 0 Å². The summed E-state index contributed by atoms with van der Waals surface area (Å²) in [6, 6.07) is 5.45. The van der Waals surface area contributed by atoms with E-state index in [-0.39, 0.29) is 22.6 Å². The molecule has 0 spiro atoms. The molecule has 1 fully saturated rings. The number of nitrogens with zero attached hydrogens (tertiary/aromatic N) is 1. The van der Waals surface area contributed by atoms with Crippen LogP contribution in [-0.4, -0.2) is 14.7 Å². The van der Waals surface area contributed by atoms with Gasteiger partial charge in [-0.3, -0.25) is 14.3 Å². The van der Waals surface area contributed by atoms with Gasteiger partial charge >= 0.3 is 5.69 Å². The zero-order valence-corrected chi connectivity index (χ0v) is 11.7. The number of aromatic amines is 1. The SMILES string of the molecule is CC1(C)CC1n1c(O)c(-c2ccccc2F)c(=O)[nH]c1=O. The number of rotatable bonds is 2. The van der Waals surface area contributed by atoms with Crippen molar-refractivity contribution < 1.29 is 9.50 Å². The Morgan fingerprint density at radius 3 is 2.52 bits per heavy atom. The van der Waals surface area contributed by atoms with Crippen LogP contribution in [0.4, 0.5) is 4.39 Å². The lowest BCUT2D eigenvalue weighted by Crippen LogP contribution is -2.31. The average molecular weight is 290 g/mol. The maximum Gasteiger partial charge on any atom is 0.331 e. The van der Waals surface area contributed by atoms with Gasteiger partial charge in [-0.25, -0.2) is 9.18 Å². The molecule has 2 aromatic rings. The molecule has 1 unspecified atom stereocenters. The largest absolute Gasteiger partial charge is 0.494 e. The Balaban J connectivity index is 2.28. The molecule has 1 heterocycles. The van der Waals surface area contributed by atoms with Gasteiger partial charge in [0.15, 0.2) is 0 Å². The van der Waals surface area contributed by atoms with Gasteiger partial charge in [0, 0.05) is 11.6 Å². The van der Waals surface area contributed by atoms with Crippen molar-refractivity contribution in [2.75, 3.05) is 0 Å². The summed E-state index contributed by atoms with van der Waals surface area (Å²) in [5, 5.41) is 10.3. The van der Waals surface area contributed by atoms with Crippen LogP contribution in [0, 0.1) is 11.2 Å². The molecule has 1 atom stereocenters. The van der Waals surface area contributed by atoms with Crippen LogP contribution in [0.2, 0.25) is 0 Å². The summed E-state index contributed by atoms with van der Waals surface area (Å²) >= 11 is 0. The van der Waals surface area contributed by atoms with Crippen LogP contribution >= 0.6 is 0 Å². The summed E-state index contributed by atoms with van der Waals surface area (Å²) in [5.74, 6) is -1.11. The van der Waals surface area contributed by atoms with Crippen molar-refractivity contribution in [1.82, 2.24) is 9.55 Å². The summed E-state index contributed by atoms with van der Waals surface area (Å²) in [4.78, 5) is 26.1. The number of H-pyrrole nitrogens is 1. The van der Waals surface area contributed by atoms with Gasteiger partial charge in [0.05, 0.1) is 0 Å². The number of hydrogen-bond acceptors (Lipinski definition) is 3. The average Bonchev–Trinajstić information content (AvgIpc) is 2.99.